The zero-order valence-electron chi connectivity index (χ0n) is 13.7. The van der Waals surface area contributed by atoms with Gasteiger partial charge in [0.2, 0.25) is 0 Å². The SMILES string of the molecule is CCCCCCCCOc1ccc(-c2ccc(Br)cc2F)cc1. The standard InChI is InChI=1S/C20H24BrFO/c1-2-3-4-5-6-7-14-23-18-11-8-16(9-12-18)19-13-10-17(21)15-20(19)22/h8-13,15H,2-7,14H2,1H3. The predicted molar refractivity (Wildman–Crippen MR) is 98.4 cm³/mol. The van der Waals surface area contributed by atoms with Crippen molar-refractivity contribution in [3.63, 3.8) is 0 Å². The zero-order chi connectivity index (χ0) is 16.5. The second-order valence-electron chi connectivity index (χ2n) is 5.76. The van der Waals surface area contributed by atoms with Crippen molar-refractivity contribution >= 4 is 15.9 Å². The highest BCUT2D eigenvalue weighted by molar-refractivity contribution is 9.10. The second-order valence-corrected chi connectivity index (χ2v) is 6.68. The molecular formula is C20H24BrFO. The monoisotopic (exact) mass is 378 g/mol. The van der Waals surface area contributed by atoms with Crippen molar-refractivity contribution in [2.24, 2.45) is 0 Å². The summed E-state index contributed by atoms with van der Waals surface area (Å²) in [6, 6.07) is 12.7. The first-order valence-corrected chi connectivity index (χ1v) is 9.18. The molecule has 0 fully saturated rings. The maximum atomic E-state index is 14.0. The first kappa shape index (κ1) is 18.0. The van der Waals surface area contributed by atoms with Gasteiger partial charge < -0.3 is 4.74 Å². The summed E-state index contributed by atoms with van der Waals surface area (Å²) < 4.78 is 20.5. The maximum Gasteiger partial charge on any atom is 0.132 e. The molecule has 124 valence electrons. The van der Waals surface area contributed by atoms with Crippen LogP contribution in [0.3, 0.4) is 0 Å². The lowest BCUT2D eigenvalue weighted by molar-refractivity contribution is 0.304. The van der Waals surface area contributed by atoms with Gasteiger partial charge in [-0.05, 0) is 36.2 Å². The molecule has 2 aromatic carbocycles. The van der Waals surface area contributed by atoms with Gasteiger partial charge in [0.25, 0.3) is 0 Å². The Labute approximate surface area is 147 Å². The Bertz CT molecular complexity index is 595. The summed E-state index contributed by atoms with van der Waals surface area (Å²) in [6.45, 7) is 2.98. The Kier molecular flexibility index (Phi) is 7.60. The molecule has 0 aromatic heterocycles. The Morgan fingerprint density at radius 3 is 2.30 bits per heavy atom. The first-order chi connectivity index (χ1) is 11.2. The van der Waals surface area contributed by atoms with E-state index in [4.69, 9.17) is 4.74 Å². The van der Waals surface area contributed by atoms with E-state index in [-0.39, 0.29) is 5.82 Å². The van der Waals surface area contributed by atoms with E-state index in [0.29, 0.717) is 5.56 Å². The first-order valence-electron chi connectivity index (χ1n) is 8.39. The molecule has 0 amide bonds. The number of rotatable bonds is 9. The van der Waals surface area contributed by atoms with Crippen LogP contribution in [0.2, 0.25) is 0 Å². The van der Waals surface area contributed by atoms with Crippen molar-refractivity contribution in [3.8, 4) is 16.9 Å². The van der Waals surface area contributed by atoms with Crippen LogP contribution in [-0.2, 0) is 0 Å². The molecule has 23 heavy (non-hydrogen) atoms. The summed E-state index contributed by atoms with van der Waals surface area (Å²) >= 11 is 3.28. The molecule has 0 aliphatic rings. The van der Waals surface area contributed by atoms with Gasteiger partial charge in [0.05, 0.1) is 6.61 Å². The van der Waals surface area contributed by atoms with Crippen LogP contribution in [0.1, 0.15) is 45.4 Å². The van der Waals surface area contributed by atoms with Crippen LogP contribution in [-0.4, -0.2) is 6.61 Å². The quantitative estimate of drug-likeness (QED) is 0.427. The molecule has 3 heteroatoms. The number of hydrogen-bond acceptors (Lipinski definition) is 1. The molecule has 0 bridgehead atoms. The van der Waals surface area contributed by atoms with Crippen LogP contribution in [0.25, 0.3) is 11.1 Å². The van der Waals surface area contributed by atoms with Gasteiger partial charge in [0.1, 0.15) is 11.6 Å². The highest BCUT2D eigenvalue weighted by Crippen LogP contribution is 2.27. The summed E-state index contributed by atoms with van der Waals surface area (Å²) in [5.41, 5.74) is 1.47. The number of hydrogen-bond donors (Lipinski definition) is 0. The number of halogens is 2. The van der Waals surface area contributed by atoms with Gasteiger partial charge in [-0.3, -0.25) is 0 Å². The van der Waals surface area contributed by atoms with Crippen molar-refractivity contribution < 1.29 is 9.13 Å². The molecule has 0 aliphatic carbocycles. The highest BCUT2D eigenvalue weighted by atomic mass is 79.9. The van der Waals surface area contributed by atoms with E-state index in [1.165, 1.54) is 38.2 Å². The fraction of sp³-hybridized carbons (Fsp3) is 0.400. The fourth-order valence-corrected chi connectivity index (χ4v) is 2.86. The molecule has 2 aromatic rings. The van der Waals surface area contributed by atoms with Crippen molar-refractivity contribution in [1.82, 2.24) is 0 Å². The van der Waals surface area contributed by atoms with E-state index < -0.39 is 0 Å². The van der Waals surface area contributed by atoms with Crippen LogP contribution < -0.4 is 4.74 Å². The van der Waals surface area contributed by atoms with Crippen LogP contribution in [0.4, 0.5) is 4.39 Å². The average Bonchev–Trinajstić information content (AvgIpc) is 2.55. The topological polar surface area (TPSA) is 9.23 Å². The minimum atomic E-state index is -0.222. The molecule has 0 saturated heterocycles. The van der Waals surface area contributed by atoms with E-state index in [9.17, 15) is 4.39 Å². The van der Waals surface area contributed by atoms with Crippen molar-refractivity contribution in [2.45, 2.75) is 45.4 Å². The molecule has 0 N–H and O–H groups in total. The molecule has 0 aliphatic heterocycles. The summed E-state index contributed by atoms with van der Waals surface area (Å²) in [6.07, 6.45) is 7.54. The minimum absolute atomic E-state index is 0.222. The average molecular weight is 379 g/mol. The Morgan fingerprint density at radius 1 is 0.913 bits per heavy atom. The summed E-state index contributed by atoms with van der Waals surface area (Å²) in [5, 5.41) is 0. The van der Waals surface area contributed by atoms with Crippen molar-refractivity contribution in [1.29, 1.82) is 0 Å². The van der Waals surface area contributed by atoms with Crippen LogP contribution in [0.5, 0.6) is 5.75 Å². The van der Waals surface area contributed by atoms with Crippen molar-refractivity contribution in [3.05, 3.63) is 52.8 Å². The molecule has 0 atom stereocenters. The Hall–Kier alpha value is -1.35. The molecule has 0 saturated carbocycles. The van der Waals surface area contributed by atoms with E-state index in [1.807, 2.05) is 30.3 Å². The molecule has 0 radical (unpaired) electrons. The van der Waals surface area contributed by atoms with E-state index >= 15 is 0 Å². The lowest BCUT2D eigenvalue weighted by Crippen LogP contribution is -1.97. The third-order valence-electron chi connectivity index (χ3n) is 3.86. The van der Waals surface area contributed by atoms with Gasteiger partial charge in [-0.25, -0.2) is 4.39 Å². The van der Waals surface area contributed by atoms with Crippen LogP contribution >= 0.6 is 15.9 Å². The molecular weight excluding hydrogens is 355 g/mol. The van der Waals surface area contributed by atoms with E-state index in [2.05, 4.69) is 22.9 Å². The lowest BCUT2D eigenvalue weighted by atomic mass is 10.1. The summed E-state index contributed by atoms with van der Waals surface area (Å²) in [7, 11) is 0. The van der Waals surface area contributed by atoms with Gasteiger partial charge in [0.15, 0.2) is 0 Å². The van der Waals surface area contributed by atoms with Gasteiger partial charge in [-0.2, -0.15) is 0 Å². The van der Waals surface area contributed by atoms with Gasteiger partial charge in [0, 0.05) is 10.0 Å². The molecule has 2 rings (SSSR count). The van der Waals surface area contributed by atoms with Gasteiger partial charge >= 0.3 is 0 Å². The highest BCUT2D eigenvalue weighted by Gasteiger charge is 2.05. The molecule has 1 nitrogen and oxygen atoms in total. The third kappa shape index (κ3) is 5.98. The molecule has 0 spiro atoms. The minimum Gasteiger partial charge on any atom is -0.494 e. The van der Waals surface area contributed by atoms with Gasteiger partial charge in [-0.1, -0.05) is 73.2 Å². The number of ether oxygens (including phenoxy) is 1. The normalized spacial score (nSPS) is 10.7. The van der Waals surface area contributed by atoms with Crippen LogP contribution in [0.15, 0.2) is 46.9 Å². The van der Waals surface area contributed by atoms with Crippen molar-refractivity contribution in [2.75, 3.05) is 6.61 Å². The third-order valence-corrected chi connectivity index (χ3v) is 4.36. The molecule has 0 heterocycles. The Balaban J connectivity index is 1.80. The smallest absolute Gasteiger partial charge is 0.132 e. The second kappa shape index (κ2) is 9.71. The largest absolute Gasteiger partial charge is 0.494 e. The zero-order valence-corrected chi connectivity index (χ0v) is 15.2. The Morgan fingerprint density at radius 2 is 1.61 bits per heavy atom. The fourth-order valence-electron chi connectivity index (χ4n) is 2.53. The molecule has 0 unspecified atom stereocenters. The summed E-state index contributed by atoms with van der Waals surface area (Å²) in [5.74, 6) is 0.625. The number of unbranched alkanes of at least 4 members (excludes halogenated alkanes) is 5. The van der Waals surface area contributed by atoms with Crippen LogP contribution in [0, 0.1) is 5.82 Å². The lowest BCUT2D eigenvalue weighted by Gasteiger charge is -2.08. The van der Waals surface area contributed by atoms with E-state index in [1.54, 1.807) is 6.07 Å². The van der Waals surface area contributed by atoms with Gasteiger partial charge in [-0.15, -0.1) is 0 Å². The predicted octanol–water partition coefficient (Wildman–Crippen LogP) is 6.99. The number of benzene rings is 2. The van der Waals surface area contributed by atoms with E-state index in [0.717, 1.165) is 28.8 Å². The summed E-state index contributed by atoms with van der Waals surface area (Å²) in [4.78, 5) is 0. The maximum absolute atomic E-state index is 14.0.